The van der Waals surface area contributed by atoms with Gasteiger partial charge in [-0.2, -0.15) is 0 Å². The van der Waals surface area contributed by atoms with Crippen molar-refractivity contribution < 1.29 is 9.13 Å². The summed E-state index contributed by atoms with van der Waals surface area (Å²) in [6.07, 6.45) is 0. The van der Waals surface area contributed by atoms with E-state index in [2.05, 4.69) is 15.9 Å². The van der Waals surface area contributed by atoms with Crippen LogP contribution in [0, 0.1) is 5.82 Å². The van der Waals surface area contributed by atoms with E-state index in [0.29, 0.717) is 33.5 Å². The highest BCUT2D eigenvalue weighted by molar-refractivity contribution is 9.10. The van der Waals surface area contributed by atoms with Gasteiger partial charge in [0.2, 0.25) is 0 Å². The fourth-order valence-corrected chi connectivity index (χ4v) is 3.15. The average molecular weight is 413 g/mol. The van der Waals surface area contributed by atoms with Gasteiger partial charge in [0.15, 0.2) is 0 Å². The number of rotatable bonds is 4. The zero-order chi connectivity index (χ0) is 15.6. The summed E-state index contributed by atoms with van der Waals surface area (Å²) in [6, 6.07) is 7.77. The molecular formula is C15H11BrCl3FO. The van der Waals surface area contributed by atoms with Crippen LogP contribution in [0.15, 0.2) is 34.8 Å². The zero-order valence-corrected chi connectivity index (χ0v) is 14.8. The van der Waals surface area contributed by atoms with Gasteiger partial charge in [0, 0.05) is 21.1 Å². The van der Waals surface area contributed by atoms with Crippen molar-refractivity contribution in [2.75, 3.05) is 6.61 Å². The molecule has 21 heavy (non-hydrogen) atoms. The lowest BCUT2D eigenvalue weighted by Crippen LogP contribution is -2.00. The van der Waals surface area contributed by atoms with E-state index in [1.807, 2.05) is 6.92 Å². The van der Waals surface area contributed by atoms with Gasteiger partial charge in [0.25, 0.3) is 0 Å². The van der Waals surface area contributed by atoms with Gasteiger partial charge >= 0.3 is 0 Å². The molecule has 2 aromatic rings. The Morgan fingerprint density at radius 1 is 1.14 bits per heavy atom. The molecule has 0 fully saturated rings. The van der Waals surface area contributed by atoms with Gasteiger partial charge in [0.05, 0.1) is 17.0 Å². The van der Waals surface area contributed by atoms with Crippen molar-refractivity contribution in [1.29, 1.82) is 0 Å². The van der Waals surface area contributed by atoms with Crippen molar-refractivity contribution in [2.24, 2.45) is 0 Å². The summed E-state index contributed by atoms with van der Waals surface area (Å²) >= 11 is 22.0. The van der Waals surface area contributed by atoms with Crippen molar-refractivity contribution in [1.82, 2.24) is 0 Å². The van der Waals surface area contributed by atoms with E-state index in [9.17, 15) is 4.39 Å². The molecule has 0 aromatic heterocycles. The summed E-state index contributed by atoms with van der Waals surface area (Å²) in [5, 5.41) is 0.0164. The second kappa shape index (κ2) is 7.19. The molecule has 1 unspecified atom stereocenters. The first-order valence-electron chi connectivity index (χ1n) is 6.14. The monoisotopic (exact) mass is 410 g/mol. The number of halogens is 5. The molecular weight excluding hydrogens is 401 g/mol. The molecule has 0 saturated heterocycles. The number of ether oxygens (including phenoxy) is 1. The van der Waals surface area contributed by atoms with Crippen LogP contribution < -0.4 is 4.74 Å². The van der Waals surface area contributed by atoms with Gasteiger partial charge in [-0.15, -0.1) is 11.6 Å². The molecule has 1 atom stereocenters. The quantitative estimate of drug-likeness (QED) is 0.513. The van der Waals surface area contributed by atoms with Crippen molar-refractivity contribution in [3.63, 3.8) is 0 Å². The normalized spacial score (nSPS) is 12.3. The van der Waals surface area contributed by atoms with Crippen molar-refractivity contribution in [3.05, 3.63) is 61.8 Å². The van der Waals surface area contributed by atoms with Crippen LogP contribution in [0.4, 0.5) is 4.39 Å². The Balaban J connectivity index is 2.46. The van der Waals surface area contributed by atoms with Gasteiger partial charge in [-0.3, -0.25) is 0 Å². The second-order valence-electron chi connectivity index (χ2n) is 4.27. The van der Waals surface area contributed by atoms with Gasteiger partial charge in [-0.25, -0.2) is 4.39 Å². The molecule has 2 aromatic carbocycles. The Kier molecular flexibility index (Phi) is 5.78. The van der Waals surface area contributed by atoms with E-state index in [4.69, 9.17) is 39.5 Å². The molecule has 0 spiro atoms. The molecule has 0 aliphatic rings. The molecule has 0 N–H and O–H groups in total. The third-order valence-corrected chi connectivity index (χ3v) is 4.44. The third-order valence-electron chi connectivity index (χ3n) is 2.86. The first-order valence-corrected chi connectivity index (χ1v) is 8.13. The van der Waals surface area contributed by atoms with E-state index >= 15 is 0 Å². The second-order valence-corrected chi connectivity index (χ2v) is 6.43. The lowest BCUT2D eigenvalue weighted by atomic mass is 10.0. The van der Waals surface area contributed by atoms with Crippen molar-refractivity contribution in [3.8, 4) is 5.75 Å². The van der Waals surface area contributed by atoms with Crippen LogP contribution >= 0.6 is 50.7 Å². The predicted octanol–water partition coefficient (Wildman–Crippen LogP) is 6.62. The summed E-state index contributed by atoms with van der Waals surface area (Å²) in [7, 11) is 0. The molecule has 0 radical (unpaired) electrons. The summed E-state index contributed by atoms with van der Waals surface area (Å²) in [5.74, 6) is 0.0748. The van der Waals surface area contributed by atoms with Gasteiger partial charge in [0.1, 0.15) is 11.6 Å². The first-order chi connectivity index (χ1) is 9.93. The molecule has 0 amide bonds. The average Bonchev–Trinajstić information content (AvgIpc) is 2.44. The van der Waals surface area contributed by atoms with Crippen LogP contribution in [0.5, 0.6) is 5.75 Å². The van der Waals surface area contributed by atoms with Crippen LogP contribution in [0.3, 0.4) is 0 Å². The molecule has 0 bridgehead atoms. The predicted molar refractivity (Wildman–Crippen MR) is 89.4 cm³/mol. The fraction of sp³-hybridized carbons (Fsp3) is 0.200. The maximum Gasteiger partial charge on any atom is 0.139 e. The highest BCUT2D eigenvalue weighted by atomic mass is 79.9. The van der Waals surface area contributed by atoms with Crippen LogP contribution in [0.25, 0.3) is 0 Å². The molecule has 6 heteroatoms. The Morgan fingerprint density at radius 3 is 2.52 bits per heavy atom. The Labute approximate surface area is 146 Å². The highest BCUT2D eigenvalue weighted by Crippen LogP contribution is 2.40. The highest BCUT2D eigenvalue weighted by Gasteiger charge is 2.20. The molecule has 0 aliphatic heterocycles. The van der Waals surface area contributed by atoms with Gasteiger partial charge in [-0.05, 0) is 36.8 Å². The molecule has 112 valence electrons. The molecule has 0 aliphatic carbocycles. The smallest absolute Gasteiger partial charge is 0.139 e. The largest absolute Gasteiger partial charge is 0.492 e. The standard InChI is InChI=1S/C15H11BrCl3FO/c1-2-21-14-7-11(17)9(6-12(14)18)15(19)10-5-8(16)3-4-13(10)20/h3-7,15H,2H2,1H3. The lowest BCUT2D eigenvalue weighted by Gasteiger charge is -2.16. The van der Waals surface area contributed by atoms with Crippen LogP contribution in [0.1, 0.15) is 23.4 Å². The summed E-state index contributed by atoms with van der Waals surface area (Å²) < 4.78 is 20.0. The summed E-state index contributed by atoms with van der Waals surface area (Å²) in [4.78, 5) is 0. The topological polar surface area (TPSA) is 9.23 Å². The summed E-state index contributed by atoms with van der Waals surface area (Å²) in [6.45, 7) is 2.32. The number of alkyl halides is 1. The van der Waals surface area contributed by atoms with E-state index in [-0.39, 0.29) is 0 Å². The van der Waals surface area contributed by atoms with Crippen molar-refractivity contribution >= 4 is 50.7 Å². The number of benzene rings is 2. The third kappa shape index (κ3) is 3.84. The maximum atomic E-state index is 13.9. The minimum absolute atomic E-state index is 0.327. The zero-order valence-electron chi connectivity index (χ0n) is 11.0. The summed E-state index contributed by atoms with van der Waals surface area (Å²) in [5.41, 5.74) is 0.858. The van der Waals surface area contributed by atoms with E-state index in [0.717, 1.165) is 4.47 Å². The first kappa shape index (κ1) is 16.9. The lowest BCUT2D eigenvalue weighted by molar-refractivity contribution is 0.340. The molecule has 2 rings (SSSR count). The van der Waals surface area contributed by atoms with Gasteiger partial charge in [-0.1, -0.05) is 39.1 Å². The van der Waals surface area contributed by atoms with Crippen LogP contribution in [-0.2, 0) is 0 Å². The Bertz CT molecular complexity index is 664. The van der Waals surface area contributed by atoms with Crippen LogP contribution in [0.2, 0.25) is 10.0 Å². The molecule has 0 saturated carbocycles. The van der Waals surface area contributed by atoms with Gasteiger partial charge < -0.3 is 4.74 Å². The number of hydrogen-bond acceptors (Lipinski definition) is 1. The minimum Gasteiger partial charge on any atom is -0.492 e. The fourth-order valence-electron chi connectivity index (χ4n) is 1.88. The SMILES string of the molecule is CCOc1cc(Cl)c(C(Cl)c2cc(Br)ccc2F)cc1Cl. The van der Waals surface area contributed by atoms with E-state index in [1.165, 1.54) is 6.07 Å². The van der Waals surface area contributed by atoms with Crippen molar-refractivity contribution in [2.45, 2.75) is 12.3 Å². The van der Waals surface area contributed by atoms with E-state index < -0.39 is 11.2 Å². The Hall–Kier alpha value is -0.480. The van der Waals surface area contributed by atoms with Crippen LogP contribution in [-0.4, -0.2) is 6.61 Å². The minimum atomic E-state index is -0.747. The van der Waals surface area contributed by atoms with E-state index in [1.54, 1.807) is 24.3 Å². The number of hydrogen-bond donors (Lipinski definition) is 0. The maximum absolute atomic E-state index is 13.9. The Morgan fingerprint density at radius 2 is 1.86 bits per heavy atom. The molecule has 0 heterocycles. The molecule has 1 nitrogen and oxygen atoms in total.